The van der Waals surface area contributed by atoms with E-state index in [1.54, 1.807) is 0 Å². The van der Waals surface area contributed by atoms with Gasteiger partial charge in [0.15, 0.2) is 0 Å². The summed E-state index contributed by atoms with van der Waals surface area (Å²) in [7, 11) is 1.93. The second kappa shape index (κ2) is 8.89. The summed E-state index contributed by atoms with van der Waals surface area (Å²) >= 11 is 0. The molecular formula is C14H24N2O2. The third-order valence-corrected chi connectivity index (χ3v) is 2.66. The lowest BCUT2D eigenvalue weighted by molar-refractivity contribution is 0.0964. The number of hydrogen-bond acceptors (Lipinski definition) is 4. The highest BCUT2D eigenvalue weighted by Crippen LogP contribution is 2.12. The Labute approximate surface area is 110 Å². The first-order valence-corrected chi connectivity index (χ1v) is 6.59. The predicted molar refractivity (Wildman–Crippen MR) is 73.0 cm³/mol. The van der Waals surface area contributed by atoms with E-state index in [1.807, 2.05) is 26.1 Å². The Morgan fingerprint density at radius 2 is 2.06 bits per heavy atom. The molecule has 0 saturated heterocycles. The zero-order chi connectivity index (χ0) is 13.2. The molecule has 0 unspecified atom stereocenters. The normalized spacial score (nSPS) is 10.6. The van der Waals surface area contributed by atoms with Crippen LogP contribution in [-0.2, 0) is 11.3 Å². The first kappa shape index (κ1) is 14.9. The number of ether oxygens (including phenoxy) is 2. The van der Waals surface area contributed by atoms with E-state index >= 15 is 0 Å². The molecule has 1 aromatic heterocycles. The smallest absolute Gasteiger partial charge is 0.213 e. The highest BCUT2D eigenvalue weighted by atomic mass is 16.5. The minimum atomic E-state index is 0.557. The standard InChI is InChI=1S/C14H24N2O2/c1-4-5-8-17-9-10-18-14-7-6-13(11-15-3)12(2)16-14/h6-7,15H,4-5,8-11H2,1-3H3. The largest absolute Gasteiger partial charge is 0.475 e. The SMILES string of the molecule is CCCCOCCOc1ccc(CNC)c(C)n1. The molecule has 0 aliphatic carbocycles. The number of rotatable bonds is 9. The first-order valence-electron chi connectivity index (χ1n) is 6.59. The molecule has 0 aromatic carbocycles. The Morgan fingerprint density at radius 3 is 2.72 bits per heavy atom. The van der Waals surface area contributed by atoms with E-state index in [-0.39, 0.29) is 0 Å². The Balaban J connectivity index is 2.28. The molecule has 1 aromatic rings. The van der Waals surface area contributed by atoms with Crippen molar-refractivity contribution >= 4 is 0 Å². The molecule has 0 atom stereocenters. The summed E-state index contributed by atoms with van der Waals surface area (Å²) in [5.41, 5.74) is 2.21. The van der Waals surface area contributed by atoms with Gasteiger partial charge in [0.05, 0.1) is 6.61 Å². The molecule has 0 aliphatic heterocycles. The van der Waals surface area contributed by atoms with Crippen LogP contribution in [0.2, 0.25) is 0 Å². The Kier molecular flexibility index (Phi) is 7.37. The van der Waals surface area contributed by atoms with Crippen LogP contribution in [0.3, 0.4) is 0 Å². The summed E-state index contributed by atoms with van der Waals surface area (Å²) in [6.45, 7) is 6.98. The van der Waals surface area contributed by atoms with Gasteiger partial charge in [0.2, 0.25) is 5.88 Å². The maximum Gasteiger partial charge on any atom is 0.213 e. The number of nitrogens with zero attached hydrogens (tertiary/aromatic N) is 1. The molecule has 0 radical (unpaired) electrons. The van der Waals surface area contributed by atoms with Gasteiger partial charge in [0.25, 0.3) is 0 Å². The molecule has 18 heavy (non-hydrogen) atoms. The fourth-order valence-electron chi connectivity index (χ4n) is 1.58. The van der Waals surface area contributed by atoms with E-state index in [1.165, 1.54) is 5.56 Å². The Hall–Kier alpha value is -1.13. The lowest BCUT2D eigenvalue weighted by Crippen LogP contribution is -2.10. The van der Waals surface area contributed by atoms with Crippen LogP contribution >= 0.6 is 0 Å². The maximum absolute atomic E-state index is 5.54. The summed E-state index contributed by atoms with van der Waals surface area (Å²) in [6, 6.07) is 3.96. The number of aryl methyl sites for hydroxylation is 1. The molecule has 4 heteroatoms. The van der Waals surface area contributed by atoms with Crippen molar-refractivity contribution in [1.29, 1.82) is 0 Å². The van der Waals surface area contributed by atoms with Crippen LogP contribution < -0.4 is 10.1 Å². The van der Waals surface area contributed by atoms with Gasteiger partial charge in [0, 0.05) is 24.9 Å². The van der Waals surface area contributed by atoms with Crippen LogP contribution in [-0.4, -0.2) is 31.9 Å². The van der Waals surface area contributed by atoms with Gasteiger partial charge in [-0.15, -0.1) is 0 Å². The molecule has 4 nitrogen and oxygen atoms in total. The van der Waals surface area contributed by atoms with Crippen molar-refractivity contribution in [2.75, 3.05) is 26.9 Å². The molecule has 0 fully saturated rings. The molecule has 0 spiro atoms. The average molecular weight is 252 g/mol. The van der Waals surface area contributed by atoms with Gasteiger partial charge in [-0.05, 0) is 26.0 Å². The third-order valence-electron chi connectivity index (χ3n) is 2.66. The number of pyridine rings is 1. The van der Waals surface area contributed by atoms with Gasteiger partial charge in [-0.2, -0.15) is 0 Å². The molecular weight excluding hydrogens is 228 g/mol. The van der Waals surface area contributed by atoms with Crippen molar-refractivity contribution < 1.29 is 9.47 Å². The highest BCUT2D eigenvalue weighted by Gasteiger charge is 2.01. The van der Waals surface area contributed by atoms with Crippen LogP contribution in [0, 0.1) is 6.92 Å². The lowest BCUT2D eigenvalue weighted by Gasteiger charge is -2.09. The number of aromatic nitrogens is 1. The fourth-order valence-corrected chi connectivity index (χ4v) is 1.58. The van der Waals surface area contributed by atoms with E-state index in [9.17, 15) is 0 Å². The predicted octanol–water partition coefficient (Wildman–Crippen LogP) is 2.30. The van der Waals surface area contributed by atoms with Crippen molar-refractivity contribution in [1.82, 2.24) is 10.3 Å². The van der Waals surface area contributed by atoms with E-state index in [0.717, 1.165) is 31.7 Å². The number of hydrogen-bond donors (Lipinski definition) is 1. The molecule has 1 rings (SSSR count). The van der Waals surface area contributed by atoms with Crippen molar-refractivity contribution in [3.63, 3.8) is 0 Å². The Morgan fingerprint density at radius 1 is 1.22 bits per heavy atom. The third kappa shape index (κ3) is 5.47. The van der Waals surface area contributed by atoms with E-state index in [2.05, 4.69) is 17.2 Å². The first-order chi connectivity index (χ1) is 8.77. The summed E-state index contributed by atoms with van der Waals surface area (Å²) in [4.78, 5) is 4.41. The monoisotopic (exact) mass is 252 g/mol. The quantitative estimate of drug-likeness (QED) is 0.685. The zero-order valence-corrected chi connectivity index (χ0v) is 11.7. The van der Waals surface area contributed by atoms with E-state index in [4.69, 9.17) is 9.47 Å². The van der Waals surface area contributed by atoms with E-state index < -0.39 is 0 Å². The minimum Gasteiger partial charge on any atom is -0.475 e. The molecule has 102 valence electrons. The van der Waals surface area contributed by atoms with Crippen molar-refractivity contribution in [3.8, 4) is 5.88 Å². The van der Waals surface area contributed by atoms with Crippen LogP contribution in [0.4, 0.5) is 0 Å². The molecule has 1 heterocycles. The van der Waals surface area contributed by atoms with Crippen LogP contribution in [0.1, 0.15) is 31.0 Å². The van der Waals surface area contributed by atoms with Crippen molar-refractivity contribution in [3.05, 3.63) is 23.4 Å². The number of nitrogens with one attached hydrogen (secondary N) is 1. The molecule has 0 saturated carbocycles. The Bertz CT molecular complexity index is 343. The van der Waals surface area contributed by atoms with E-state index in [0.29, 0.717) is 19.1 Å². The summed E-state index contributed by atoms with van der Waals surface area (Å²) in [6.07, 6.45) is 2.27. The van der Waals surface area contributed by atoms with Gasteiger partial charge in [-0.1, -0.05) is 19.4 Å². The van der Waals surface area contributed by atoms with Gasteiger partial charge in [-0.25, -0.2) is 4.98 Å². The molecule has 0 bridgehead atoms. The van der Waals surface area contributed by atoms with Crippen molar-refractivity contribution in [2.24, 2.45) is 0 Å². The van der Waals surface area contributed by atoms with Crippen molar-refractivity contribution in [2.45, 2.75) is 33.2 Å². The summed E-state index contributed by atoms with van der Waals surface area (Å²) < 4.78 is 11.0. The second-order valence-electron chi connectivity index (χ2n) is 4.24. The topological polar surface area (TPSA) is 43.4 Å². The summed E-state index contributed by atoms with van der Waals surface area (Å²) in [5, 5.41) is 3.12. The average Bonchev–Trinajstić information content (AvgIpc) is 2.37. The lowest BCUT2D eigenvalue weighted by atomic mass is 10.2. The van der Waals surface area contributed by atoms with Gasteiger partial charge in [-0.3, -0.25) is 0 Å². The van der Waals surface area contributed by atoms with Crippen LogP contribution in [0.5, 0.6) is 5.88 Å². The second-order valence-corrected chi connectivity index (χ2v) is 4.24. The molecule has 0 aliphatic rings. The van der Waals surface area contributed by atoms with Gasteiger partial charge in [0.1, 0.15) is 6.61 Å². The number of unbranched alkanes of at least 4 members (excludes halogenated alkanes) is 1. The summed E-state index contributed by atoms with van der Waals surface area (Å²) in [5.74, 6) is 0.673. The van der Waals surface area contributed by atoms with Crippen LogP contribution in [0.15, 0.2) is 12.1 Å². The maximum atomic E-state index is 5.54. The zero-order valence-electron chi connectivity index (χ0n) is 11.7. The highest BCUT2D eigenvalue weighted by molar-refractivity contribution is 5.24. The molecule has 1 N–H and O–H groups in total. The minimum absolute atomic E-state index is 0.557. The molecule has 0 amide bonds. The van der Waals surface area contributed by atoms with Crippen LogP contribution in [0.25, 0.3) is 0 Å². The fraction of sp³-hybridized carbons (Fsp3) is 0.643. The van der Waals surface area contributed by atoms with Gasteiger partial charge < -0.3 is 14.8 Å². The van der Waals surface area contributed by atoms with Gasteiger partial charge >= 0.3 is 0 Å².